The van der Waals surface area contributed by atoms with Gasteiger partial charge in [0.15, 0.2) is 5.65 Å². The molecule has 2 aromatic carbocycles. The van der Waals surface area contributed by atoms with Crippen LogP contribution in [-0.4, -0.2) is 33.2 Å². The number of nitrogens with two attached hydrogens (primary N) is 1. The van der Waals surface area contributed by atoms with Gasteiger partial charge in [0.1, 0.15) is 5.56 Å². The normalized spacial score (nSPS) is 11.8. The standard InChI is InChI=1S/C20H13ClN6O3S/c21-14-6-4-12(5-7-14)17-8-9-27-19(24-17)16(11-23-27)20-25-18(26-30-20)13-2-1-3-15(10-13)31(22,28)29/h1-11H,(H2,22,28,29). The average molecular weight is 453 g/mol. The molecule has 0 fully saturated rings. The molecular formula is C20H13ClN6O3S. The van der Waals surface area contributed by atoms with Crippen molar-refractivity contribution in [2.45, 2.75) is 4.90 Å². The summed E-state index contributed by atoms with van der Waals surface area (Å²) in [6.45, 7) is 0. The molecule has 154 valence electrons. The third-order valence-electron chi connectivity index (χ3n) is 4.59. The van der Waals surface area contributed by atoms with Gasteiger partial charge in [0.05, 0.1) is 16.8 Å². The molecule has 11 heteroatoms. The van der Waals surface area contributed by atoms with E-state index in [0.29, 0.717) is 21.8 Å². The van der Waals surface area contributed by atoms with Crippen molar-refractivity contribution in [3.8, 4) is 34.1 Å². The van der Waals surface area contributed by atoms with Crippen LogP contribution in [-0.2, 0) is 10.0 Å². The minimum absolute atomic E-state index is 0.0402. The minimum Gasteiger partial charge on any atom is -0.333 e. The number of sulfonamides is 1. The van der Waals surface area contributed by atoms with Crippen LogP contribution >= 0.6 is 11.6 Å². The molecule has 0 spiro atoms. The van der Waals surface area contributed by atoms with Crippen LogP contribution in [0.4, 0.5) is 0 Å². The first-order chi connectivity index (χ1) is 14.9. The Morgan fingerprint density at radius 1 is 1.00 bits per heavy atom. The number of hydrogen-bond donors (Lipinski definition) is 1. The van der Waals surface area contributed by atoms with E-state index in [9.17, 15) is 8.42 Å². The van der Waals surface area contributed by atoms with E-state index in [2.05, 4.69) is 20.2 Å². The molecule has 0 aliphatic heterocycles. The molecule has 9 nitrogen and oxygen atoms in total. The predicted octanol–water partition coefficient (Wildman–Crippen LogP) is 3.41. The van der Waals surface area contributed by atoms with Crippen molar-refractivity contribution in [3.63, 3.8) is 0 Å². The summed E-state index contributed by atoms with van der Waals surface area (Å²) in [6, 6.07) is 15.2. The smallest absolute Gasteiger partial charge is 0.263 e. The molecule has 0 amide bonds. The quantitative estimate of drug-likeness (QED) is 0.442. The zero-order valence-corrected chi connectivity index (χ0v) is 17.2. The van der Waals surface area contributed by atoms with E-state index >= 15 is 0 Å². The topological polar surface area (TPSA) is 129 Å². The van der Waals surface area contributed by atoms with Crippen LogP contribution < -0.4 is 5.14 Å². The van der Waals surface area contributed by atoms with Crippen molar-refractivity contribution in [2.24, 2.45) is 5.14 Å². The Morgan fingerprint density at radius 2 is 1.81 bits per heavy atom. The van der Waals surface area contributed by atoms with Crippen LogP contribution in [0, 0.1) is 0 Å². The minimum atomic E-state index is -3.85. The van der Waals surface area contributed by atoms with Gasteiger partial charge >= 0.3 is 0 Å². The molecule has 31 heavy (non-hydrogen) atoms. The molecule has 0 radical (unpaired) electrons. The van der Waals surface area contributed by atoms with Gasteiger partial charge in [0.25, 0.3) is 5.89 Å². The second-order valence-corrected chi connectivity index (χ2v) is 8.64. The van der Waals surface area contributed by atoms with Crippen molar-refractivity contribution in [1.82, 2.24) is 24.7 Å². The van der Waals surface area contributed by atoms with Gasteiger partial charge < -0.3 is 4.52 Å². The van der Waals surface area contributed by atoms with Crippen molar-refractivity contribution in [3.05, 3.63) is 72.0 Å². The van der Waals surface area contributed by atoms with Gasteiger partial charge in [-0.25, -0.2) is 23.1 Å². The number of fused-ring (bicyclic) bond motifs is 1. The monoisotopic (exact) mass is 452 g/mol. The van der Waals surface area contributed by atoms with Crippen LogP contribution in [0.2, 0.25) is 5.02 Å². The van der Waals surface area contributed by atoms with Gasteiger partial charge in [-0.05, 0) is 30.3 Å². The number of aromatic nitrogens is 5. The van der Waals surface area contributed by atoms with E-state index in [4.69, 9.17) is 21.3 Å². The van der Waals surface area contributed by atoms with Gasteiger partial charge in [-0.15, -0.1) is 0 Å². The summed E-state index contributed by atoms with van der Waals surface area (Å²) in [5, 5.41) is 14.1. The highest BCUT2D eigenvalue weighted by molar-refractivity contribution is 7.89. The van der Waals surface area contributed by atoms with Crippen molar-refractivity contribution < 1.29 is 12.9 Å². The van der Waals surface area contributed by atoms with E-state index in [1.54, 1.807) is 41.2 Å². The molecule has 3 heterocycles. The fraction of sp³-hybridized carbons (Fsp3) is 0. The lowest BCUT2D eigenvalue weighted by Gasteiger charge is -2.02. The summed E-state index contributed by atoms with van der Waals surface area (Å²) in [7, 11) is -3.85. The fourth-order valence-electron chi connectivity index (χ4n) is 3.06. The maximum Gasteiger partial charge on any atom is 0.263 e. The molecule has 0 aliphatic carbocycles. The van der Waals surface area contributed by atoms with E-state index < -0.39 is 10.0 Å². The van der Waals surface area contributed by atoms with Gasteiger partial charge in [0.2, 0.25) is 15.8 Å². The summed E-state index contributed by atoms with van der Waals surface area (Å²) in [4.78, 5) is 9.02. The lowest BCUT2D eigenvalue weighted by Crippen LogP contribution is -2.11. The second kappa shape index (κ2) is 7.27. The lowest BCUT2D eigenvalue weighted by atomic mass is 10.1. The highest BCUT2D eigenvalue weighted by Crippen LogP contribution is 2.27. The van der Waals surface area contributed by atoms with Gasteiger partial charge in [0, 0.05) is 22.3 Å². The third-order valence-corrected chi connectivity index (χ3v) is 5.75. The molecule has 0 unspecified atom stereocenters. The first-order valence-electron chi connectivity index (χ1n) is 8.96. The van der Waals surface area contributed by atoms with Gasteiger partial charge in [-0.2, -0.15) is 10.1 Å². The van der Waals surface area contributed by atoms with Crippen LogP contribution in [0.5, 0.6) is 0 Å². The van der Waals surface area contributed by atoms with Gasteiger partial charge in [-0.1, -0.05) is 41.0 Å². The Kier molecular flexibility index (Phi) is 4.54. The molecule has 3 aromatic heterocycles. The van der Waals surface area contributed by atoms with Crippen LogP contribution in [0.3, 0.4) is 0 Å². The molecule has 2 N–H and O–H groups in total. The first-order valence-corrected chi connectivity index (χ1v) is 10.9. The maximum absolute atomic E-state index is 11.6. The molecule has 0 saturated carbocycles. The maximum atomic E-state index is 11.6. The van der Waals surface area contributed by atoms with E-state index in [0.717, 1.165) is 11.3 Å². The van der Waals surface area contributed by atoms with Crippen molar-refractivity contribution in [2.75, 3.05) is 0 Å². The van der Waals surface area contributed by atoms with Gasteiger partial charge in [-0.3, -0.25) is 0 Å². The predicted molar refractivity (Wildman–Crippen MR) is 114 cm³/mol. The van der Waals surface area contributed by atoms with Crippen LogP contribution in [0.1, 0.15) is 0 Å². The molecule has 0 aliphatic rings. The third kappa shape index (κ3) is 3.67. The molecule has 0 bridgehead atoms. The Morgan fingerprint density at radius 3 is 2.58 bits per heavy atom. The fourth-order valence-corrected chi connectivity index (χ4v) is 3.75. The van der Waals surface area contributed by atoms with Crippen molar-refractivity contribution in [1.29, 1.82) is 0 Å². The van der Waals surface area contributed by atoms with Crippen LogP contribution in [0.15, 0.2) is 76.4 Å². The Hall–Kier alpha value is -3.60. The number of primary sulfonamides is 1. The summed E-state index contributed by atoms with van der Waals surface area (Å²) in [5.74, 6) is 0.417. The molecule has 5 rings (SSSR count). The number of rotatable bonds is 4. The number of benzene rings is 2. The highest BCUT2D eigenvalue weighted by Gasteiger charge is 2.18. The highest BCUT2D eigenvalue weighted by atomic mass is 35.5. The van der Waals surface area contributed by atoms with Crippen LogP contribution in [0.25, 0.3) is 39.7 Å². The molecule has 5 aromatic rings. The second-order valence-electron chi connectivity index (χ2n) is 6.64. The molecule has 0 saturated heterocycles. The zero-order valence-electron chi connectivity index (χ0n) is 15.7. The Balaban J connectivity index is 1.56. The summed E-state index contributed by atoms with van der Waals surface area (Å²) in [6.07, 6.45) is 3.36. The average Bonchev–Trinajstić information content (AvgIpc) is 3.40. The summed E-state index contributed by atoms with van der Waals surface area (Å²) in [5.41, 5.74) is 3.14. The van der Waals surface area contributed by atoms with E-state index in [1.165, 1.54) is 12.1 Å². The SMILES string of the molecule is NS(=O)(=O)c1cccc(-c2noc(-c3cnn4ccc(-c5ccc(Cl)cc5)nc34)n2)c1. The molecular weight excluding hydrogens is 440 g/mol. The zero-order chi connectivity index (χ0) is 21.6. The summed E-state index contributed by atoms with van der Waals surface area (Å²) < 4.78 is 30.2. The van der Waals surface area contributed by atoms with E-state index in [-0.39, 0.29) is 16.6 Å². The largest absolute Gasteiger partial charge is 0.333 e. The number of hydrogen-bond acceptors (Lipinski definition) is 7. The molecule has 0 atom stereocenters. The number of halogens is 1. The lowest BCUT2D eigenvalue weighted by molar-refractivity contribution is 0.432. The van der Waals surface area contributed by atoms with E-state index in [1.807, 2.05) is 18.2 Å². The summed E-state index contributed by atoms with van der Waals surface area (Å²) >= 11 is 5.97. The Labute approximate surface area is 181 Å². The first kappa shape index (κ1) is 19.4. The number of nitrogens with zero attached hydrogens (tertiary/aromatic N) is 5. The van der Waals surface area contributed by atoms with Crippen molar-refractivity contribution >= 4 is 27.3 Å². The Bertz CT molecular complexity index is 1530.